The molecular formula is C15H14N2O3. The first-order valence-electron chi connectivity index (χ1n) is 6.53. The third-order valence-electron chi connectivity index (χ3n) is 3.38. The van der Waals surface area contributed by atoms with Crippen molar-refractivity contribution in [1.29, 1.82) is 0 Å². The van der Waals surface area contributed by atoms with E-state index in [0.717, 1.165) is 22.4 Å². The highest BCUT2D eigenvalue weighted by atomic mass is 16.5. The van der Waals surface area contributed by atoms with Crippen LogP contribution in [0.4, 0.5) is 0 Å². The number of hydrogen-bond donors (Lipinski definition) is 1. The topological polar surface area (TPSA) is 72.0 Å². The van der Waals surface area contributed by atoms with Crippen molar-refractivity contribution in [2.24, 2.45) is 0 Å². The average molecular weight is 270 g/mol. The molecule has 0 amide bonds. The smallest absolute Gasteiger partial charge is 0.310 e. The van der Waals surface area contributed by atoms with E-state index in [-0.39, 0.29) is 17.9 Å². The lowest BCUT2D eigenvalue weighted by atomic mass is 10.0. The van der Waals surface area contributed by atoms with Crippen LogP contribution in [0.3, 0.4) is 0 Å². The number of hydrogen-bond acceptors (Lipinski definition) is 4. The Labute approximate surface area is 115 Å². The van der Waals surface area contributed by atoms with Crippen LogP contribution in [-0.2, 0) is 22.4 Å². The minimum absolute atomic E-state index is 0.119. The number of aromatic nitrogens is 2. The summed E-state index contributed by atoms with van der Waals surface area (Å²) in [5, 5.41) is 0. The molecule has 2 aromatic rings. The van der Waals surface area contributed by atoms with Gasteiger partial charge in [-0.1, -0.05) is 18.2 Å². The van der Waals surface area contributed by atoms with Crippen LogP contribution in [0.1, 0.15) is 23.7 Å². The van der Waals surface area contributed by atoms with Crippen molar-refractivity contribution in [2.45, 2.75) is 19.8 Å². The molecule has 102 valence electrons. The Bertz CT molecular complexity index is 734. The van der Waals surface area contributed by atoms with E-state index in [0.29, 0.717) is 18.6 Å². The van der Waals surface area contributed by atoms with Crippen LogP contribution in [-0.4, -0.2) is 22.5 Å². The molecule has 1 aromatic carbocycles. The van der Waals surface area contributed by atoms with E-state index in [4.69, 9.17) is 4.74 Å². The van der Waals surface area contributed by atoms with Gasteiger partial charge in [-0.25, -0.2) is 4.98 Å². The Balaban J connectivity index is 1.94. The number of esters is 1. The first-order chi connectivity index (χ1) is 9.69. The molecule has 0 atom stereocenters. The normalized spacial score (nSPS) is 11.8. The van der Waals surface area contributed by atoms with Gasteiger partial charge in [0, 0.05) is 6.42 Å². The predicted octanol–water partition coefficient (Wildman–Crippen LogP) is 1.45. The summed E-state index contributed by atoms with van der Waals surface area (Å²) < 4.78 is 4.94. The zero-order valence-corrected chi connectivity index (χ0v) is 11.1. The van der Waals surface area contributed by atoms with Gasteiger partial charge in [0.15, 0.2) is 0 Å². The maximum absolute atomic E-state index is 11.9. The second-order valence-corrected chi connectivity index (χ2v) is 4.70. The molecule has 1 N–H and O–H groups in total. The number of carbonyl (C=O) groups is 1. The lowest BCUT2D eigenvalue weighted by Crippen LogP contribution is -2.09. The quantitative estimate of drug-likeness (QED) is 0.731. The van der Waals surface area contributed by atoms with E-state index in [9.17, 15) is 9.59 Å². The molecule has 1 aliphatic carbocycles. The molecule has 0 fully saturated rings. The number of rotatable bonds is 3. The number of carbonyl (C=O) groups excluding carboxylic acids is 1. The molecule has 5 nitrogen and oxygen atoms in total. The number of aromatic amines is 1. The third-order valence-corrected chi connectivity index (χ3v) is 3.38. The second-order valence-electron chi connectivity index (χ2n) is 4.70. The molecule has 0 bridgehead atoms. The summed E-state index contributed by atoms with van der Waals surface area (Å²) in [6, 6.07) is 5.69. The molecule has 0 saturated carbocycles. The molecule has 0 unspecified atom stereocenters. The summed E-state index contributed by atoms with van der Waals surface area (Å²) in [5.74, 6) is -0.237. The van der Waals surface area contributed by atoms with Gasteiger partial charge in [-0.15, -0.1) is 0 Å². The molecule has 0 spiro atoms. The van der Waals surface area contributed by atoms with Crippen molar-refractivity contribution in [3.8, 4) is 11.1 Å². The van der Waals surface area contributed by atoms with Crippen molar-refractivity contribution in [1.82, 2.24) is 9.97 Å². The van der Waals surface area contributed by atoms with E-state index >= 15 is 0 Å². The van der Waals surface area contributed by atoms with Crippen LogP contribution in [0.15, 0.2) is 29.3 Å². The Kier molecular flexibility index (Phi) is 3.10. The van der Waals surface area contributed by atoms with Crippen molar-refractivity contribution >= 4 is 5.97 Å². The molecule has 1 heterocycles. The number of ether oxygens (including phenoxy) is 1. The molecule has 0 saturated heterocycles. The fourth-order valence-electron chi connectivity index (χ4n) is 2.55. The Hall–Kier alpha value is -2.43. The number of nitrogens with one attached hydrogen (secondary N) is 1. The fraction of sp³-hybridized carbons (Fsp3) is 0.267. The zero-order valence-electron chi connectivity index (χ0n) is 11.1. The summed E-state index contributed by atoms with van der Waals surface area (Å²) in [4.78, 5) is 30.2. The molecule has 0 aliphatic heterocycles. The van der Waals surface area contributed by atoms with Crippen LogP contribution in [0, 0.1) is 0 Å². The highest BCUT2D eigenvalue weighted by molar-refractivity contribution is 5.77. The summed E-state index contributed by atoms with van der Waals surface area (Å²) >= 11 is 0. The second kappa shape index (κ2) is 4.92. The summed E-state index contributed by atoms with van der Waals surface area (Å²) in [6.07, 6.45) is 2.30. The van der Waals surface area contributed by atoms with Gasteiger partial charge in [-0.3, -0.25) is 9.59 Å². The molecule has 0 radical (unpaired) electrons. The van der Waals surface area contributed by atoms with Gasteiger partial charge < -0.3 is 9.72 Å². The van der Waals surface area contributed by atoms with Crippen molar-refractivity contribution in [3.05, 3.63) is 51.7 Å². The lowest BCUT2D eigenvalue weighted by molar-refractivity contribution is -0.142. The van der Waals surface area contributed by atoms with Gasteiger partial charge in [0.25, 0.3) is 5.56 Å². The monoisotopic (exact) mass is 270 g/mol. The summed E-state index contributed by atoms with van der Waals surface area (Å²) in [5.41, 5.74) is 4.15. The maximum Gasteiger partial charge on any atom is 0.310 e. The Morgan fingerprint density at radius 3 is 3.10 bits per heavy atom. The van der Waals surface area contributed by atoms with Crippen molar-refractivity contribution in [3.63, 3.8) is 0 Å². The minimum atomic E-state index is -0.237. The molecular weight excluding hydrogens is 256 g/mol. The third kappa shape index (κ3) is 2.11. The van der Waals surface area contributed by atoms with Gasteiger partial charge in [0.2, 0.25) is 0 Å². The molecule has 3 rings (SSSR count). The molecule has 5 heteroatoms. The van der Waals surface area contributed by atoms with E-state index in [1.807, 2.05) is 18.2 Å². The largest absolute Gasteiger partial charge is 0.466 e. The summed E-state index contributed by atoms with van der Waals surface area (Å²) in [7, 11) is 0. The van der Waals surface area contributed by atoms with E-state index < -0.39 is 0 Å². The maximum atomic E-state index is 11.9. The minimum Gasteiger partial charge on any atom is -0.466 e. The van der Waals surface area contributed by atoms with Crippen LogP contribution < -0.4 is 5.56 Å². The highest BCUT2D eigenvalue weighted by Crippen LogP contribution is 2.33. The van der Waals surface area contributed by atoms with E-state index in [2.05, 4.69) is 9.97 Å². The van der Waals surface area contributed by atoms with Crippen LogP contribution in [0.5, 0.6) is 0 Å². The van der Waals surface area contributed by atoms with Crippen LogP contribution >= 0.6 is 0 Å². The summed E-state index contributed by atoms with van der Waals surface area (Å²) in [6.45, 7) is 2.17. The average Bonchev–Trinajstić information content (AvgIpc) is 2.77. The van der Waals surface area contributed by atoms with Gasteiger partial charge >= 0.3 is 5.97 Å². The number of fused-ring (bicyclic) bond motifs is 3. The van der Waals surface area contributed by atoms with E-state index in [1.54, 1.807) is 6.92 Å². The fourth-order valence-corrected chi connectivity index (χ4v) is 2.55. The Morgan fingerprint density at radius 2 is 2.30 bits per heavy atom. The standard InChI is InChI=1S/C15H14N2O3/c1-2-20-13(18)6-9-3-4-11-10(5-9)7-12-14(11)15(19)17-8-16-12/h3-5,8H,2,6-7H2,1H3,(H,16,17,19). The van der Waals surface area contributed by atoms with Crippen LogP contribution in [0.25, 0.3) is 11.1 Å². The lowest BCUT2D eigenvalue weighted by Gasteiger charge is -2.05. The van der Waals surface area contributed by atoms with Crippen molar-refractivity contribution < 1.29 is 9.53 Å². The molecule has 1 aromatic heterocycles. The first kappa shape index (κ1) is 12.6. The van der Waals surface area contributed by atoms with Gasteiger partial charge in [-0.2, -0.15) is 0 Å². The SMILES string of the molecule is CCOC(=O)Cc1ccc2c(c1)Cc1nc[nH]c(=O)c1-2. The number of H-pyrrole nitrogens is 1. The van der Waals surface area contributed by atoms with Gasteiger partial charge in [-0.05, 0) is 23.6 Å². The highest BCUT2D eigenvalue weighted by Gasteiger charge is 2.22. The zero-order chi connectivity index (χ0) is 14.1. The Morgan fingerprint density at radius 1 is 1.45 bits per heavy atom. The molecule has 20 heavy (non-hydrogen) atoms. The van der Waals surface area contributed by atoms with Crippen molar-refractivity contribution in [2.75, 3.05) is 6.61 Å². The first-order valence-corrected chi connectivity index (χ1v) is 6.53. The van der Waals surface area contributed by atoms with Gasteiger partial charge in [0.05, 0.1) is 30.6 Å². The van der Waals surface area contributed by atoms with Gasteiger partial charge in [0.1, 0.15) is 0 Å². The van der Waals surface area contributed by atoms with E-state index in [1.165, 1.54) is 6.33 Å². The predicted molar refractivity (Wildman–Crippen MR) is 73.4 cm³/mol. The number of nitrogens with zero attached hydrogens (tertiary/aromatic N) is 1. The molecule has 1 aliphatic rings. The van der Waals surface area contributed by atoms with Crippen LogP contribution in [0.2, 0.25) is 0 Å². The number of benzene rings is 1.